The standard InChI is InChI=1S/C10H23N2O4PS/c1-5-15-17(14,18-7-6-11)12-9(4)10(13)16-8(2)3/h8-9H,5-7,11H2,1-4H3,(H,12,14)/t9-,17+/m0/s1. The van der Waals surface area contributed by atoms with Crippen LogP contribution in [0.5, 0.6) is 0 Å². The van der Waals surface area contributed by atoms with Gasteiger partial charge in [0, 0.05) is 12.3 Å². The van der Waals surface area contributed by atoms with Gasteiger partial charge in [0.05, 0.1) is 12.7 Å². The highest BCUT2D eigenvalue weighted by atomic mass is 32.7. The zero-order valence-electron chi connectivity index (χ0n) is 11.3. The fraction of sp³-hybridized carbons (Fsp3) is 0.900. The Morgan fingerprint density at radius 1 is 1.44 bits per heavy atom. The second-order valence-corrected chi connectivity index (χ2v) is 8.27. The number of hydrogen-bond donors (Lipinski definition) is 2. The third kappa shape index (κ3) is 7.38. The summed E-state index contributed by atoms with van der Waals surface area (Å²) in [4.78, 5) is 11.6. The molecule has 0 aliphatic rings. The van der Waals surface area contributed by atoms with Crippen molar-refractivity contribution in [3.8, 4) is 0 Å². The maximum absolute atomic E-state index is 12.3. The Hall–Kier alpha value is -0.0700. The summed E-state index contributed by atoms with van der Waals surface area (Å²) >= 11 is 1.10. The minimum Gasteiger partial charge on any atom is -0.462 e. The molecule has 0 amide bonds. The van der Waals surface area contributed by atoms with E-state index >= 15 is 0 Å². The van der Waals surface area contributed by atoms with Crippen LogP contribution in [0.4, 0.5) is 0 Å². The van der Waals surface area contributed by atoms with Gasteiger partial charge in [-0.3, -0.25) is 9.36 Å². The summed E-state index contributed by atoms with van der Waals surface area (Å²) in [7, 11) is 0. The highest BCUT2D eigenvalue weighted by molar-refractivity contribution is 8.56. The number of esters is 1. The van der Waals surface area contributed by atoms with Crippen molar-refractivity contribution in [1.29, 1.82) is 0 Å². The smallest absolute Gasteiger partial charge is 0.327 e. The van der Waals surface area contributed by atoms with Crippen LogP contribution in [0, 0.1) is 0 Å². The Morgan fingerprint density at radius 3 is 2.50 bits per heavy atom. The summed E-state index contributed by atoms with van der Waals surface area (Å²) in [5.74, 6) is 0.0502. The predicted molar refractivity (Wildman–Crippen MR) is 74.6 cm³/mol. The fourth-order valence-corrected chi connectivity index (χ4v) is 4.84. The molecule has 0 fully saturated rings. The average molecular weight is 298 g/mol. The zero-order valence-corrected chi connectivity index (χ0v) is 13.1. The van der Waals surface area contributed by atoms with Gasteiger partial charge in [0.2, 0.25) is 0 Å². The van der Waals surface area contributed by atoms with Crippen LogP contribution >= 0.6 is 18.1 Å². The van der Waals surface area contributed by atoms with Gasteiger partial charge in [0.15, 0.2) is 0 Å². The van der Waals surface area contributed by atoms with Crippen molar-refractivity contribution in [2.24, 2.45) is 5.73 Å². The molecule has 0 aliphatic carbocycles. The first-order chi connectivity index (χ1) is 8.34. The van der Waals surface area contributed by atoms with Crippen molar-refractivity contribution >= 4 is 24.1 Å². The van der Waals surface area contributed by atoms with Crippen molar-refractivity contribution in [3.05, 3.63) is 0 Å². The number of ether oxygens (including phenoxy) is 1. The molecule has 0 saturated heterocycles. The first-order valence-corrected chi connectivity index (χ1v) is 9.13. The molecule has 6 nitrogen and oxygen atoms in total. The van der Waals surface area contributed by atoms with Crippen LogP contribution in [-0.2, 0) is 18.6 Å². The summed E-state index contributed by atoms with van der Waals surface area (Å²) in [5, 5.41) is 2.70. The van der Waals surface area contributed by atoms with E-state index in [0.717, 1.165) is 11.4 Å². The largest absolute Gasteiger partial charge is 0.462 e. The van der Waals surface area contributed by atoms with Crippen LogP contribution < -0.4 is 10.8 Å². The highest BCUT2D eigenvalue weighted by Crippen LogP contribution is 2.55. The summed E-state index contributed by atoms with van der Waals surface area (Å²) in [5.41, 5.74) is 5.37. The number of carbonyl (C=O) groups excluding carboxylic acids is 1. The number of nitrogens with two attached hydrogens (primary N) is 1. The molecule has 8 heteroatoms. The topological polar surface area (TPSA) is 90.6 Å². The summed E-state index contributed by atoms with van der Waals surface area (Å²) in [6.07, 6.45) is -0.204. The van der Waals surface area contributed by atoms with Crippen LogP contribution in [0.25, 0.3) is 0 Å². The SMILES string of the molecule is CCO[P@](=O)(N[C@@H](C)C(=O)OC(C)C)SCCN. The van der Waals surface area contributed by atoms with Gasteiger partial charge in [0.1, 0.15) is 6.04 Å². The van der Waals surface area contributed by atoms with E-state index in [2.05, 4.69) is 5.09 Å². The van der Waals surface area contributed by atoms with Crippen molar-refractivity contribution in [2.45, 2.75) is 39.8 Å². The van der Waals surface area contributed by atoms with E-state index in [1.165, 1.54) is 0 Å². The summed E-state index contributed by atoms with van der Waals surface area (Å²) in [6.45, 7) is 4.45. The second-order valence-electron chi connectivity index (χ2n) is 3.87. The number of nitrogens with one attached hydrogen (secondary N) is 1. The molecule has 0 heterocycles. The molecule has 18 heavy (non-hydrogen) atoms. The molecule has 0 rings (SSSR count). The lowest BCUT2D eigenvalue weighted by Gasteiger charge is -2.22. The molecule has 2 atom stereocenters. The monoisotopic (exact) mass is 298 g/mol. The van der Waals surface area contributed by atoms with E-state index in [4.69, 9.17) is 15.0 Å². The van der Waals surface area contributed by atoms with Gasteiger partial charge in [0.25, 0.3) is 0 Å². The zero-order chi connectivity index (χ0) is 14.2. The van der Waals surface area contributed by atoms with Gasteiger partial charge in [-0.2, -0.15) is 0 Å². The van der Waals surface area contributed by atoms with Gasteiger partial charge >= 0.3 is 12.7 Å². The molecule has 0 bridgehead atoms. The van der Waals surface area contributed by atoms with E-state index < -0.39 is 18.7 Å². The van der Waals surface area contributed by atoms with Crippen LogP contribution in [0.3, 0.4) is 0 Å². The van der Waals surface area contributed by atoms with Crippen molar-refractivity contribution in [1.82, 2.24) is 5.09 Å². The van der Waals surface area contributed by atoms with Crippen LogP contribution in [-0.4, -0.2) is 37.0 Å². The first-order valence-electron chi connectivity index (χ1n) is 5.92. The lowest BCUT2D eigenvalue weighted by molar-refractivity contribution is -0.149. The lowest BCUT2D eigenvalue weighted by atomic mass is 10.4. The Balaban J connectivity index is 4.47. The quantitative estimate of drug-likeness (QED) is 0.495. The third-order valence-electron chi connectivity index (χ3n) is 1.74. The molecule has 3 N–H and O–H groups in total. The van der Waals surface area contributed by atoms with Crippen LogP contribution in [0.15, 0.2) is 0 Å². The van der Waals surface area contributed by atoms with E-state index in [1.807, 2.05) is 0 Å². The summed E-state index contributed by atoms with van der Waals surface area (Å²) < 4.78 is 22.6. The van der Waals surface area contributed by atoms with E-state index in [1.54, 1.807) is 27.7 Å². The molecule has 0 aliphatic heterocycles. The van der Waals surface area contributed by atoms with Gasteiger partial charge in [-0.05, 0) is 27.7 Å². The van der Waals surface area contributed by atoms with Crippen molar-refractivity contribution < 1.29 is 18.6 Å². The molecule has 108 valence electrons. The Kier molecular flexibility index (Phi) is 8.90. The van der Waals surface area contributed by atoms with E-state index in [0.29, 0.717) is 18.9 Å². The van der Waals surface area contributed by atoms with E-state index in [9.17, 15) is 9.36 Å². The lowest BCUT2D eigenvalue weighted by Crippen LogP contribution is -2.34. The van der Waals surface area contributed by atoms with Crippen molar-refractivity contribution in [3.63, 3.8) is 0 Å². The maximum Gasteiger partial charge on any atom is 0.327 e. The molecule has 0 radical (unpaired) electrons. The number of rotatable bonds is 9. The molecule has 0 aromatic carbocycles. The fourth-order valence-electron chi connectivity index (χ4n) is 1.08. The normalized spacial score (nSPS) is 16.3. The Morgan fingerprint density at radius 2 is 2.06 bits per heavy atom. The predicted octanol–water partition coefficient (Wildman–Crippen LogP) is 1.75. The van der Waals surface area contributed by atoms with Gasteiger partial charge in [-0.25, -0.2) is 5.09 Å². The Labute approximate surface area is 113 Å². The minimum atomic E-state index is -3.10. The van der Waals surface area contributed by atoms with Gasteiger partial charge in [-0.15, -0.1) is 0 Å². The van der Waals surface area contributed by atoms with Crippen molar-refractivity contribution in [2.75, 3.05) is 18.9 Å². The molecular formula is C10H23N2O4PS. The van der Waals surface area contributed by atoms with Gasteiger partial charge in [-0.1, -0.05) is 11.4 Å². The van der Waals surface area contributed by atoms with E-state index in [-0.39, 0.29) is 6.10 Å². The molecule has 0 unspecified atom stereocenters. The first kappa shape index (κ1) is 17.9. The van der Waals surface area contributed by atoms with Crippen LogP contribution in [0.1, 0.15) is 27.7 Å². The minimum absolute atomic E-state index is 0.204. The molecule has 0 saturated carbocycles. The molecular weight excluding hydrogens is 275 g/mol. The average Bonchev–Trinajstić information content (AvgIpc) is 2.25. The van der Waals surface area contributed by atoms with Gasteiger partial charge < -0.3 is 15.0 Å². The third-order valence-corrected chi connectivity index (χ3v) is 6.00. The highest BCUT2D eigenvalue weighted by Gasteiger charge is 2.29. The molecule has 0 aromatic heterocycles. The number of hydrogen-bond acceptors (Lipinski definition) is 6. The maximum atomic E-state index is 12.3. The molecule has 0 spiro atoms. The second kappa shape index (κ2) is 8.93. The molecule has 0 aromatic rings. The van der Waals surface area contributed by atoms with Crippen LogP contribution in [0.2, 0.25) is 0 Å². The summed E-state index contributed by atoms with van der Waals surface area (Å²) in [6, 6.07) is -0.685. The Bertz CT molecular complexity index is 302. The number of carbonyl (C=O) groups is 1.